The monoisotopic (exact) mass is 412 g/mol. The van der Waals surface area contributed by atoms with E-state index >= 15 is 0 Å². The number of ether oxygens (including phenoxy) is 1. The molecular formula is C24H32N2O2S. The second-order valence-corrected chi connectivity index (χ2v) is 9.38. The molecule has 2 aliphatic heterocycles. The van der Waals surface area contributed by atoms with Crippen LogP contribution in [0.4, 0.5) is 0 Å². The molecular weight excluding hydrogens is 380 g/mol. The van der Waals surface area contributed by atoms with Crippen LogP contribution >= 0.6 is 11.3 Å². The van der Waals surface area contributed by atoms with Gasteiger partial charge in [0.2, 0.25) is 5.91 Å². The fourth-order valence-corrected chi connectivity index (χ4v) is 5.64. The fraction of sp³-hybridized carbons (Fsp3) is 0.542. The number of nitrogens with zero attached hydrogens (tertiary/aromatic N) is 2. The van der Waals surface area contributed by atoms with Crippen molar-refractivity contribution in [3.8, 4) is 5.75 Å². The van der Waals surface area contributed by atoms with Crippen LogP contribution in [0.5, 0.6) is 5.75 Å². The largest absolute Gasteiger partial charge is 0.487 e. The fourth-order valence-electron chi connectivity index (χ4n) is 4.89. The van der Waals surface area contributed by atoms with Gasteiger partial charge in [-0.2, -0.15) is 0 Å². The summed E-state index contributed by atoms with van der Waals surface area (Å²) in [6.07, 6.45) is 3.60. The third-order valence-corrected chi connectivity index (χ3v) is 7.43. The maximum atomic E-state index is 12.9. The molecule has 1 atom stereocenters. The smallest absolute Gasteiger partial charge is 0.223 e. The number of hydrogen-bond acceptors (Lipinski definition) is 4. The molecule has 29 heavy (non-hydrogen) atoms. The molecule has 1 saturated heterocycles. The number of hydrogen-bond donors (Lipinski definition) is 0. The van der Waals surface area contributed by atoms with Crippen molar-refractivity contribution in [2.75, 3.05) is 26.2 Å². The van der Waals surface area contributed by atoms with Crippen molar-refractivity contribution in [1.82, 2.24) is 9.80 Å². The number of para-hydroxylation sites is 1. The third kappa shape index (κ3) is 4.51. The number of carbonyl (C=O) groups excluding carboxylic acids is 1. The zero-order chi connectivity index (χ0) is 20.3. The Hall–Kier alpha value is -1.85. The first-order valence-electron chi connectivity index (χ1n) is 10.9. The highest BCUT2D eigenvalue weighted by Gasteiger charge is 2.43. The number of fused-ring (bicyclic) bond motifs is 1. The molecule has 0 unspecified atom stereocenters. The predicted octanol–water partition coefficient (Wildman–Crippen LogP) is 4.91. The molecule has 156 valence electrons. The summed E-state index contributed by atoms with van der Waals surface area (Å²) in [5.74, 6) is 1.50. The van der Waals surface area contributed by atoms with E-state index < -0.39 is 0 Å². The Kier molecular flexibility index (Phi) is 6.26. The molecule has 0 saturated carbocycles. The van der Waals surface area contributed by atoms with Crippen LogP contribution in [0.15, 0.2) is 41.8 Å². The molecule has 1 aromatic heterocycles. The van der Waals surface area contributed by atoms with Crippen molar-refractivity contribution in [2.24, 2.45) is 0 Å². The minimum Gasteiger partial charge on any atom is -0.487 e. The van der Waals surface area contributed by atoms with Crippen molar-refractivity contribution in [1.29, 1.82) is 0 Å². The molecule has 3 heterocycles. The van der Waals surface area contributed by atoms with E-state index in [4.69, 9.17) is 4.74 Å². The van der Waals surface area contributed by atoms with Crippen LogP contribution < -0.4 is 4.74 Å². The lowest BCUT2D eigenvalue weighted by Gasteiger charge is -2.47. The van der Waals surface area contributed by atoms with E-state index in [0.29, 0.717) is 6.42 Å². The van der Waals surface area contributed by atoms with Crippen molar-refractivity contribution in [3.05, 3.63) is 52.2 Å². The number of rotatable bonds is 6. The quantitative estimate of drug-likeness (QED) is 0.676. The summed E-state index contributed by atoms with van der Waals surface area (Å²) in [5, 5.41) is 2.15. The first-order chi connectivity index (χ1) is 14.1. The lowest BCUT2D eigenvalue weighted by Crippen LogP contribution is -2.50. The van der Waals surface area contributed by atoms with Gasteiger partial charge < -0.3 is 9.64 Å². The van der Waals surface area contributed by atoms with Crippen LogP contribution in [0, 0.1) is 0 Å². The van der Waals surface area contributed by atoms with Crippen molar-refractivity contribution >= 4 is 17.2 Å². The number of amides is 1. The SMILES string of the molecule is CCN(CC)C(=O)C[C@H]1CC2(CCN(Cc3cccs3)CC2)Oc2ccccc21. The van der Waals surface area contributed by atoms with Gasteiger partial charge in [0, 0.05) is 49.9 Å². The molecule has 1 amide bonds. The van der Waals surface area contributed by atoms with Gasteiger partial charge in [-0.25, -0.2) is 0 Å². The Morgan fingerprint density at radius 2 is 1.93 bits per heavy atom. The van der Waals surface area contributed by atoms with Gasteiger partial charge in [-0.15, -0.1) is 11.3 Å². The van der Waals surface area contributed by atoms with Crippen LogP contribution in [-0.4, -0.2) is 47.5 Å². The van der Waals surface area contributed by atoms with Crippen molar-refractivity contribution < 1.29 is 9.53 Å². The summed E-state index contributed by atoms with van der Waals surface area (Å²) in [6, 6.07) is 12.7. The van der Waals surface area contributed by atoms with Crippen LogP contribution in [0.2, 0.25) is 0 Å². The molecule has 1 fully saturated rings. The van der Waals surface area contributed by atoms with E-state index in [1.165, 1.54) is 10.4 Å². The van der Waals surface area contributed by atoms with Gasteiger partial charge >= 0.3 is 0 Å². The van der Waals surface area contributed by atoms with Crippen LogP contribution in [0.25, 0.3) is 0 Å². The number of carbonyl (C=O) groups is 1. The summed E-state index contributed by atoms with van der Waals surface area (Å²) in [7, 11) is 0. The molecule has 0 aliphatic carbocycles. The Morgan fingerprint density at radius 1 is 1.17 bits per heavy atom. The number of piperidine rings is 1. The number of benzene rings is 1. The van der Waals surface area contributed by atoms with Crippen LogP contribution in [0.3, 0.4) is 0 Å². The summed E-state index contributed by atoms with van der Waals surface area (Å²) < 4.78 is 6.62. The highest BCUT2D eigenvalue weighted by Crippen LogP contribution is 2.46. The Balaban J connectivity index is 1.47. The molecule has 1 aromatic carbocycles. The van der Waals surface area contributed by atoms with Crippen molar-refractivity contribution in [3.63, 3.8) is 0 Å². The van der Waals surface area contributed by atoms with E-state index in [0.717, 1.165) is 57.7 Å². The zero-order valence-corrected chi connectivity index (χ0v) is 18.4. The van der Waals surface area contributed by atoms with E-state index in [9.17, 15) is 4.79 Å². The highest BCUT2D eigenvalue weighted by molar-refractivity contribution is 7.09. The van der Waals surface area contributed by atoms with E-state index in [-0.39, 0.29) is 17.4 Å². The lowest BCUT2D eigenvalue weighted by molar-refractivity contribution is -0.131. The molecule has 4 nitrogen and oxygen atoms in total. The van der Waals surface area contributed by atoms with Crippen LogP contribution in [0.1, 0.15) is 55.9 Å². The molecule has 2 aliphatic rings. The van der Waals surface area contributed by atoms with Gasteiger partial charge in [-0.3, -0.25) is 9.69 Å². The van der Waals surface area contributed by atoms with Gasteiger partial charge in [-0.05, 0) is 56.2 Å². The van der Waals surface area contributed by atoms with E-state index in [2.05, 4.69) is 54.5 Å². The van der Waals surface area contributed by atoms with Gasteiger partial charge in [0.1, 0.15) is 11.4 Å². The molecule has 2 aromatic rings. The summed E-state index contributed by atoms with van der Waals surface area (Å²) in [4.78, 5) is 18.8. The second kappa shape index (κ2) is 8.88. The van der Waals surface area contributed by atoms with E-state index in [1.54, 1.807) is 0 Å². The predicted molar refractivity (Wildman–Crippen MR) is 119 cm³/mol. The molecule has 4 rings (SSSR count). The molecule has 0 N–H and O–H groups in total. The molecule has 0 radical (unpaired) electrons. The minimum atomic E-state index is -0.130. The average Bonchev–Trinajstić information content (AvgIpc) is 3.24. The van der Waals surface area contributed by atoms with Gasteiger partial charge in [0.15, 0.2) is 0 Å². The lowest BCUT2D eigenvalue weighted by atomic mass is 9.76. The topological polar surface area (TPSA) is 32.8 Å². The first kappa shape index (κ1) is 20.4. The molecule has 0 bridgehead atoms. The maximum Gasteiger partial charge on any atom is 0.223 e. The standard InChI is InChI=1S/C24H32N2O2S/c1-3-26(4-2)23(27)16-19-17-24(28-22-10-6-5-9-21(19)22)11-13-25(14-12-24)18-20-8-7-15-29-20/h5-10,15,19H,3-4,11-14,16-18H2,1-2H3/t19-/m0/s1. The number of thiophene rings is 1. The van der Waals surface area contributed by atoms with Crippen molar-refractivity contribution in [2.45, 2.75) is 57.6 Å². The minimum absolute atomic E-state index is 0.130. The Bertz CT molecular complexity index is 808. The second-order valence-electron chi connectivity index (χ2n) is 8.35. The number of likely N-dealkylation sites (tertiary alicyclic amines) is 1. The summed E-state index contributed by atoms with van der Waals surface area (Å²) in [6.45, 7) is 8.82. The van der Waals surface area contributed by atoms with E-state index in [1.807, 2.05) is 22.3 Å². The van der Waals surface area contributed by atoms with Crippen LogP contribution in [-0.2, 0) is 11.3 Å². The summed E-state index contributed by atoms with van der Waals surface area (Å²) in [5.41, 5.74) is 1.08. The Morgan fingerprint density at radius 3 is 2.62 bits per heavy atom. The maximum absolute atomic E-state index is 12.9. The molecule has 1 spiro atoms. The molecule has 5 heteroatoms. The normalized spacial score (nSPS) is 20.8. The zero-order valence-electron chi connectivity index (χ0n) is 17.6. The van der Waals surface area contributed by atoms with Gasteiger partial charge in [0.05, 0.1) is 0 Å². The highest BCUT2D eigenvalue weighted by atomic mass is 32.1. The third-order valence-electron chi connectivity index (χ3n) is 6.57. The average molecular weight is 413 g/mol. The summed E-state index contributed by atoms with van der Waals surface area (Å²) >= 11 is 1.83. The van der Waals surface area contributed by atoms with Gasteiger partial charge in [0.25, 0.3) is 0 Å². The van der Waals surface area contributed by atoms with Gasteiger partial charge in [-0.1, -0.05) is 24.3 Å². The Labute approximate surface area is 178 Å². The first-order valence-corrected chi connectivity index (χ1v) is 11.8.